The summed E-state index contributed by atoms with van der Waals surface area (Å²) in [5, 5.41) is 3.49. The molecule has 1 aliphatic heterocycles. The second-order valence-corrected chi connectivity index (χ2v) is 3.56. The molecule has 16 heavy (non-hydrogen) atoms. The molecule has 82 valence electrons. The van der Waals surface area contributed by atoms with Gasteiger partial charge in [-0.05, 0) is 17.5 Å². The van der Waals surface area contributed by atoms with Gasteiger partial charge in [0.1, 0.15) is 12.1 Å². The fraction of sp³-hybridized carbons (Fsp3) is 0.444. The molecule has 1 aliphatic rings. The third kappa shape index (κ3) is 2.09. The Kier molecular flexibility index (Phi) is 2.98. The molecular weight excluding hydrogens is 208 g/mol. The lowest BCUT2D eigenvalue weighted by Crippen LogP contribution is -2.25. The Morgan fingerprint density at radius 2 is 2.56 bits per heavy atom. The number of azide groups is 1. The van der Waals surface area contributed by atoms with Crippen LogP contribution in [-0.4, -0.2) is 29.0 Å². The summed E-state index contributed by atoms with van der Waals surface area (Å²) in [4.78, 5) is 23.8. The maximum atomic E-state index is 11.7. The number of anilines is 1. The summed E-state index contributed by atoms with van der Waals surface area (Å²) in [6.45, 7) is 0.901. The van der Waals surface area contributed by atoms with Crippen molar-refractivity contribution in [3.05, 3.63) is 29.0 Å². The number of hydrogen-bond donors (Lipinski definition) is 0. The van der Waals surface area contributed by atoms with Crippen LogP contribution < -0.4 is 4.90 Å². The molecule has 0 N–H and O–H groups in total. The standard InChI is InChI=1S/C9H10N6O/c10-14-13-4-7-3-9(16)15(5-7)8-1-2-11-6-12-8/h1-2,6-7H,3-5H2. The van der Waals surface area contributed by atoms with Gasteiger partial charge in [-0.25, -0.2) is 9.97 Å². The zero-order valence-electron chi connectivity index (χ0n) is 8.52. The van der Waals surface area contributed by atoms with Crippen LogP contribution >= 0.6 is 0 Å². The van der Waals surface area contributed by atoms with Gasteiger partial charge in [0.05, 0.1) is 0 Å². The summed E-state index contributed by atoms with van der Waals surface area (Å²) in [6, 6.07) is 1.69. The first kappa shape index (κ1) is 10.4. The molecule has 1 fully saturated rings. The lowest BCUT2D eigenvalue weighted by atomic mass is 10.1. The van der Waals surface area contributed by atoms with E-state index in [1.54, 1.807) is 17.2 Å². The second-order valence-electron chi connectivity index (χ2n) is 3.56. The van der Waals surface area contributed by atoms with Gasteiger partial charge in [-0.15, -0.1) is 0 Å². The lowest BCUT2D eigenvalue weighted by Gasteiger charge is -2.14. The van der Waals surface area contributed by atoms with E-state index < -0.39 is 0 Å². The van der Waals surface area contributed by atoms with Gasteiger partial charge in [-0.1, -0.05) is 5.11 Å². The van der Waals surface area contributed by atoms with Gasteiger partial charge in [0.2, 0.25) is 5.91 Å². The van der Waals surface area contributed by atoms with Crippen LogP contribution in [0.5, 0.6) is 0 Å². The van der Waals surface area contributed by atoms with Crippen LogP contribution in [0, 0.1) is 5.92 Å². The molecule has 0 bridgehead atoms. The van der Waals surface area contributed by atoms with E-state index in [-0.39, 0.29) is 11.8 Å². The molecule has 7 nitrogen and oxygen atoms in total. The SMILES string of the molecule is [N-]=[N+]=NCC1CC(=O)N(c2ccncn2)C1. The Labute approximate surface area is 91.7 Å². The van der Waals surface area contributed by atoms with Crippen LogP contribution in [0.2, 0.25) is 0 Å². The minimum Gasteiger partial charge on any atom is -0.296 e. The zero-order chi connectivity index (χ0) is 11.4. The molecule has 1 amide bonds. The van der Waals surface area contributed by atoms with Crippen molar-refractivity contribution in [3.63, 3.8) is 0 Å². The van der Waals surface area contributed by atoms with E-state index in [9.17, 15) is 4.79 Å². The molecule has 0 radical (unpaired) electrons. The normalized spacial score (nSPS) is 19.6. The molecule has 1 unspecified atom stereocenters. The Bertz CT molecular complexity index is 427. The summed E-state index contributed by atoms with van der Waals surface area (Å²) in [6.07, 6.45) is 3.41. The number of amides is 1. The van der Waals surface area contributed by atoms with Gasteiger partial charge in [-0.2, -0.15) is 0 Å². The molecule has 0 aliphatic carbocycles. The van der Waals surface area contributed by atoms with Gasteiger partial charge in [0.25, 0.3) is 0 Å². The largest absolute Gasteiger partial charge is 0.296 e. The van der Waals surface area contributed by atoms with Crippen molar-refractivity contribution in [2.45, 2.75) is 6.42 Å². The molecule has 1 aromatic heterocycles. The van der Waals surface area contributed by atoms with Crippen LogP contribution in [0.3, 0.4) is 0 Å². The molecule has 7 heteroatoms. The van der Waals surface area contributed by atoms with Gasteiger partial charge >= 0.3 is 0 Å². The highest BCUT2D eigenvalue weighted by molar-refractivity contribution is 5.94. The van der Waals surface area contributed by atoms with Crippen molar-refractivity contribution in [2.24, 2.45) is 11.0 Å². The van der Waals surface area contributed by atoms with Gasteiger partial charge in [0.15, 0.2) is 0 Å². The van der Waals surface area contributed by atoms with E-state index in [1.165, 1.54) is 6.33 Å². The molecule has 2 heterocycles. The maximum absolute atomic E-state index is 11.7. The number of aromatic nitrogens is 2. The molecule has 1 saturated heterocycles. The first-order valence-corrected chi connectivity index (χ1v) is 4.88. The number of carbonyl (C=O) groups is 1. The fourth-order valence-corrected chi connectivity index (χ4v) is 1.72. The average Bonchev–Trinajstić information content (AvgIpc) is 2.69. The van der Waals surface area contributed by atoms with E-state index in [0.29, 0.717) is 25.3 Å². The van der Waals surface area contributed by atoms with Gasteiger partial charge in [-0.3, -0.25) is 9.69 Å². The van der Waals surface area contributed by atoms with Crippen LogP contribution in [-0.2, 0) is 4.79 Å². The van der Waals surface area contributed by atoms with Crippen molar-refractivity contribution in [1.29, 1.82) is 0 Å². The Morgan fingerprint density at radius 1 is 1.69 bits per heavy atom. The first-order chi connectivity index (χ1) is 7.81. The van der Waals surface area contributed by atoms with E-state index in [4.69, 9.17) is 5.53 Å². The van der Waals surface area contributed by atoms with Gasteiger partial charge in [0, 0.05) is 30.6 Å². The zero-order valence-corrected chi connectivity index (χ0v) is 8.52. The molecule has 0 spiro atoms. The van der Waals surface area contributed by atoms with Crippen molar-refractivity contribution < 1.29 is 4.79 Å². The third-order valence-electron chi connectivity index (χ3n) is 2.45. The monoisotopic (exact) mass is 218 g/mol. The highest BCUT2D eigenvalue weighted by atomic mass is 16.2. The number of hydrogen-bond acceptors (Lipinski definition) is 4. The molecule has 1 aromatic rings. The van der Waals surface area contributed by atoms with Crippen molar-refractivity contribution in [1.82, 2.24) is 9.97 Å². The number of rotatable bonds is 3. The Morgan fingerprint density at radius 3 is 3.25 bits per heavy atom. The second kappa shape index (κ2) is 4.59. The lowest BCUT2D eigenvalue weighted by molar-refractivity contribution is -0.117. The smallest absolute Gasteiger partial charge is 0.228 e. The first-order valence-electron chi connectivity index (χ1n) is 4.88. The van der Waals surface area contributed by atoms with Crippen LogP contribution in [0.15, 0.2) is 23.7 Å². The Hall–Kier alpha value is -2.14. The van der Waals surface area contributed by atoms with Crippen molar-refractivity contribution in [3.8, 4) is 0 Å². The van der Waals surface area contributed by atoms with E-state index >= 15 is 0 Å². The summed E-state index contributed by atoms with van der Waals surface area (Å²) in [5.74, 6) is 0.693. The average molecular weight is 218 g/mol. The minimum absolute atomic E-state index is 0.0110. The Balaban J connectivity index is 2.08. The molecule has 2 rings (SSSR count). The van der Waals surface area contributed by atoms with E-state index in [2.05, 4.69) is 20.0 Å². The molecule has 1 atom stereocenters. The minimum atomic E-state index is 0.0110. The topological polar surface area (TPSA) is 94.9 Å². The number of carbonyl (C=O) groups excluding carboxylic acids is 1. The highest BCUT2D eigenvalue weighted by Crippen LogP contribution is 2.22. The molecule has 0 aromatic carbocycles. The van der Waals surface area contributed by atoms with Crippen molar-refractivity contribution >= 4 is 11.7 Å². The summed E-state index contributed by atoms with van der Waals surface area (Å²) in [7, 11) is 0. The quantitative estimate of drug-likeness (QED) is 0.432. The predicted molar refractivity (Wildman–Crippen MR) is 56.5 cm³/mol. The van der Waals surface area contributed by atoms with Crippen LogP contribution in [0.25, 0.3) is 10.4 Å². The van der Waals surface area contributed by atoms with Crippen molar-refractivity contribution in [2.75, 3.05) is 18.0 Å². The summed E-state index contributed by atoms with van der Waals surface area (Å²) < 4.78 is 0. The fourth-order valence-electron chi connectivity index (χ4n) is 1.72. The van der Waals surface area contributed by atoms with E-state index in [1.807, 2.05) is 0 Å². The molecular formula is C9H10N6O. The predicted octanol–water partition coefficient (Wildman–Crippen LogP) is 1.14. The van der Waals surface area contributed by atoms with Crippen LogP contribution in [0.1, 0.15) is 6.42 Å². The van der Waals surface area contributed by atoms with Crippen LogP contribution in [0.4, 0.5) is 5.82 Å². The van der Waals surface area contributed by atoms with Gasteiger partial charge < -0.3 is 0 Å². The number of nitrogens with zero attached hydrogens (tertiary/aromatic N) is 6. The summed E-state index contributed by atoms with van der Waals surface area (Å²) >= 11 is 0. The van der Waals surface area contributed by atoms with E-state index in [0.717, 1.165) is 0 Å². The molecule has 0 saturated carbocycles. The highest BCUT2D eigenvalue weighted by Gasteiger charge is 2.30. The third-order valence-corrected chi connectivity index (χ3v) is 2.45. The maximum Gasteiger partial charge on any atom is 0.228 e. The summed E-state index contributed by atoms with van der Waals surface area (Å²) in [5.41, 5.74) is 8.21.